The SMILES string of the molecule is O.O=P(O)(O)CC(O)(c1ncc[nH]1)P(=O)(O)O. The normalized spacial score (nSPS) is 16.1. The first-order valence-electron chi connectivity index (χ1n) is 3.89. The summed E-state index contributed by atoms with van der Waals surface area (Å²) < 4.78 is 21.8. The van der Waals surface area contributed by atoms with Crippen molar-refractivity contribution in [3.05, 3.63) is 18.2 Å². The number of aromatic amines is 1. The van der Waals surface area contributed by atoms with Gasteiger partial charge in [-0.2, -0.15) is 0 Å². The monoisotopic (exact) mass is 290 g/mol. The molecule has 0 aromatic carbocycles. The summed E-state index contributed by atoms with van der Waals surface area (Å²) in [6, 6.07) is 0. The van der Waals surface area contributed by atoms with E-state index in [1.807, 2.05) is 0 Å². The summed E-state index contributed by atoms with van der Waals surface area (Å²) in [6.45, 7) is 0. The Bertz CT molecular complexity index is 448. The third-order valence-corrected chi connectivity index (χ3v) is 4.24. The molecule has 8 N–H and O–H groups in total. The number of imidazole rings is 1. The molecule has 12 heteroatoms. The van der Waals surface area contributed by atoms with Crippen LogP contribution in [-0.4, -0.2) is 46.3 Å². The largest absolute Gasteiger partial charge is 0.412 e. The predicted molar refractivity (Wildman–Crippen MR) is 55.1 cm³/mol. The third-order valence-electron chi connectivity index (χ3n) is 1.79. The Balaban J connectivity index is 0.00000256. The molecule has 1 heterocycles. The second-order valence-electron chi connectivity index (χ2n) is 3.12. The molecule has 0 saturated carbocycles. The minimum absolute atomic E-state index is 0. The molecule has 17 heavy (non-hydrogen) atoms. The van der Waals surface area contributed by atoms with Crippen LogP contribution in [0.1, 0.15) is 5.82 Å². The van der Waals surface area contributed by atoms with E-state index in [9.17, 15) is 14.2 Å². The van der Waals surface area contributed by atoms with Gasteiger partial charge in [0, 0.05) is 12.4 Å². The van der Waals surface area contributed by atoms with Crippen molar-refractivity contribution < 1.29 is 39.3 Å². The molecule has 0 radical (unpaired) electrons. The van der Waals surface area contributed by atoms with E-state index in [2.05, 4.69) is 9.97 Å². The van der Waals surface area contributed by atoms with Gasteiger partial charge in [-0.25, -0.2) is 4.98 Å². The molecular formula is C5H12N2O8P2. The maximum absolute atomic E-state index is 11.1. The van der Waals surface area contributed by atoms with Crippen LogP contribution in [0.5, 0.6) is 0 Å². The lowest BCUT2D eigenvalue weighted by Gasteiger charge is -2.26. The second kappa shape index (κ2) is 4.97. The number of rotatable bonds is 4. The highest BCUT2D eigenvalue weighted by Crippen LogP contribution is 2.59. The van der Waals surface area contributed by atoms with Gasteiger partial charge in [-0.1, -0.05) is 0 Å². The van der Waals surface area contributed by atoms with Gasteiger partial charge in [-0.15, -0.1) is 0 Å². The van der Waals surface area contributed by atoms with Gasteiger partial charge in [-0.05, 0) is 0 Å². The van der Waals surface area contributed by atoms with E-state index in [1.165, 1.54) is 0 Å². The molecule has 100 valence electrons. The average molecular weight is 290 g/mol. The third kappa shape index (κ3) is 3.70. The van der Waals surface area contributed by atoms with Crippen LogP contribution in [0.3, 0.4) is 0 Å². The topological polar surface area (TPSA) is 195 Å². The number of nitrogens with one attached hydrogen (secondary N) is 1. The lowest BCUT2D eigenvalue weighted by Crippen LogP contribution is -2.31. The first-order chi connectivity index (χ1) is 7.06. The second-order valence-corrected chi connectivity index (χ2v) is 6.59. The zero-order valence-electron chi connectivity index (χ0n) is 8.26. The average Bonchev–Trinajstić information content (AvgIpc) is 2.49. The van der Waals surface area contributed by atoms with E-state index >= 15 is 0 Å². The Labute approximate surface area is 95.0 Å². The molecule has 1 atom stereocenters. The summed E-state index contributed by atoms with van der Waals surface area (Å²) in [6.07, 6.45) is 0.836. The van der Waals surface area contributed by atoms with Crippen LogP contribution in [0, 0.1) is 0 Å². The van der Waals surface area contributed by atoms with Gasteiger partial charge in [0.15, 0.2) is 5.82 Å². The lowest BCUT2D eigenvalue weighted by atomic mass is 10.4. The Kier molecular flexibility index (Phi) is 4.80. The van der Waals surface area contributed by atoms with E-state index in [-0.39, 0.29) is 5.48 Å². The molecule has 1 rings (SSSR count). The molecule has 0 amide bonds. The fourth-order valence-corrected chi connectivity index (χ4v) is 3.49. The van der Waals surface area contributed by atoms with Crippen LogP contribution >= 0.6 is 15.2 Å². The fourth-order valence-electron chi connectivity index (χ4n) is 1.08. The van der Waals surface area contributed by atoms with Gasteiger partial charge in [0.2, 0.25) is 5.34 Å². The molecule has 0 spiro atoms. The van der Waals surface area contributed by atoms with Gasteiger partial charge in [0.25, 0.3) is 0 Å². The lowest BCUT2D eigenvalue weighted by molar-refractivity contribution is 0.0975. The summed E-state index contributed by atoms with van der Waals surface area (Å²) in [5.74, 6) is -0.593. The van der Waals surface area contributed by atoms with Crippen LogP contribution < -0.4 is 0 Å². The molecule has 0 aliphatic rings. The van der Waals surface area contributed by atoms with Crippen molar-refractivity contribution in [2.75, 3.05) is 6.16 Å². The van der Waals surface area contributed by atoms with Crippen LogP contribution in [0.15, 0.2) is 12.4 Å². The van der Waals surface area contributed by atoms with Gasteiger partial charge < -0.3 is 35.1 Å². The highest BCUT2D eigenvalue weighted by atomic mass is 31.2. The molecular weight excluding hydrogens is 278 g/mol. The Morgan fingerprint density at radius 1 is 1.29 bits per heavy atom. The van der Waals surface area contributed by atoms with Crippen molar-refractivity contribution in [1.29, 1.82) is 0 Å². The zero-order valence-corrected chi connectivity index (χ0v) is 10.0. The summed E-state index contributed by atoms with van der Waals surface area (Å²) in [7, 11) is -10.0. The minimum atomic E-state index is -5.20. The first-order valence-corrected chi connectivity index (χ1v) is 7.30. The van der Waals surface area contributed by atoms with Gasteiger partial charge in [0.05, 0.1) is 6.16 Å². The molecule has 1 aromatic heterocycles. The number of nitrogens with zero attached hydrogens (tertiary/aromatic N) is 1. The minimum Gasteiger partial charge on any atom is -0.412 e. The molecule has 0 saturated heterocycles. The number of hydrogen-bond donors (Lipinski definition) is 6. The molecule has 0 aliphatic heterocycles. The van der Waals surface area contributed by atoms with Crippen molar-refractivity contribution in [2.45, 2.75) is 5.34 Å². The van der Waals surface area contributed by atoms with Crippen molar-refractivity contribution in [3.63, 3.8) is 0 Å². The maximum Gasteiger partial charge on any atom is 0.365 e. The van der Waals surface area contributed by atoms with Crippen LogP contribution in [0.25, 0.3) is 0 Å². The molecule has 0 fully saturated rings. The van der Waals surface area contributed by atoms with Crippen molar-refractivity contribution in [2.24, 2.45) is 0 Å². The van der Waals surface area contributed by atoms with Crippen molar-refractivity contribution in [3.8, 4) is 0 Å². The number of aromatic nitrogens is 2. The highest BCUT2D eigenvalue weighted by Gasteiger charge is 2.53. The van der Waals surface area contributed by atoms with E-state index in [0.29, 0.717) is 0 Å². The van der Waals surface area contributed by atoms with Crippen LogP contribution in [0.2, 0.25) is 0 Å². The molecule has 1 unspecified atom stereocenters. The van der Waals surface area contributed by atoms with E-state index in [0.717, 1.165) is 12.4 Å². The van der Waals surface area contributed by atoms with Crippen molar-refractivity contribution in [1.82, 2.24) is 9.97 Å². The van der Waals surface area contributed by atoms with Crippen molar-refractivity contribution >= 4 is 15.2 Å². The van der Waals surface area contributed by atoms with Gasteiger partial charge in [0.1, 0.15) is 0 Å². The molecule has 0 aliphatic carbocycles. The molecule has 0 bridgehead atoms. The molecule has 10 nitrogen and oxygen atoms in total. The quantitative estimate of drug-likeness (QED) is 0.345. The first kappa shape index (κ1) is 16.4. The van der Waals surface area contributed by atoms with Crippen LogP contribution in [0.4, 0.5) is 0 Å². The highest BCUT2D eigenvalue weighted by molar-refractivity contribution is 7.56. The Morgan fingerprint density at radius 3 is 2.12 bits per heavy atom. The number of aliphatic hydroxyl groups is 1. The van der Waals surface area contributed by atoms with Gasteiger partial charge in [-0.3, -0.25) is 9.13 Å². The summed E-state index contributed by atoms with van der Waals surface area (Å²) in [5.41, 5.74) is 0. The summed E-state index contributed by atoms with van der Waals surface area (Å²) in [5, 5.41) is 6.68. The maximum atomic E-state index is 11.1. The fraction of sp³-hybridized carbons (Fsp3) is 0.400. The zero-order chi connectivity index (χ0) is 12.6. The Morgan fingerprint density at radius 2 is 1.82 bits per heavy atom. The molecule has 1 aromatic rings. The van der Waals surface area contributed by atoms with E-state index in [4.69, 9.17) is 19.6 Å². The number of H-pyrrole nitrogens is 1. The van der Waals surface area contributed by atoms with E-state index < -0.39 is 32.5 Å². The standard InChI is InChI=1S/C5H10N2O7P2.H2O/c8-5(16(12,13)14,3-15(9,10)11)4-6-1-2-7-4;/h1-2,8H,3H2,(H,6,7)(H2,9,10,11)(H2,12,13,14);1H2. The van der Waals surface area contributed by atoms with Crippen LogP contribution in [-0.2, 0) is 14.5 Å². The predicted octanol–water partition coefficient (Wildman–Crippen LogP) is -1.91. The number of hydrogen-bond acceptors (Lipinski definition) is 4. The smallest absolute Gasteiger partial charge is 0.365 e. The Hall–Kier alpha value is -0.570. The summed E-state index contributed by atoms with van der Waals surface area (Å²) in [4.78, 5) is 40.8. The van der Waals surface area contributed by atoms with Gasteiger partial charge >= 0.3 is 15.2 Å². The van der Waals surface area contributed by atoms with E-state index in [1.54, 1.807) is 0 Å². The summed E-state index contributed by atoms with van der Waals surface area (Å²) >= 11 is 0.